The van der Waals surface area contributed by atoms with Crippen LogP contribution in [0.3, 0.4) is 0 Å². The molecule has 3 aromatic rings. The van der Waals surface area contributed by atoms with Gasteiger partial charge >= 0.3 is 6.18 Å². The third kappa shape index (κ3) is 4.42. The van der Waals surface area contributed by atoms with E-state index in [1.165, 1.54) is 6.92 Å². The molecule has 1 aromatic carbocycles. The lowest BCUT2D eigenvalue weighted by Gasteiger charge is -2.32. The van der Waals surface area contributed by atoms with Crippen molar-refractivity contribution < 1.29 is 22.5 Å². The Morgan fingerprint density at radius 2 is 1.97 bits per heavy atom. The Morgan fingerprint density at radius 3 is 2.62 bits per heavy atom. The van der Waals surface area contributed by atoms with Gasteiger partial charge in [-0.2, -0.15) is 13.2 Å². The average molecular weight is 446 g/mol. The number of carbonyl (C=O) groups excluding carboxylic acids is 1. The van der Waals surface area contributed by atoms with E-state index >= 15 is 0 Å². The van der Waals surface area contributed by atoms with Crippen molar-refractivity contribution in [2.75, 3.05) is 32.1 Å². The Morgan fingerprint density at radius 1 is 1.25 bits per heavy atom. The van der Waals surface area contributed by atoms with Crippen LogP contribution >= 0.6 is 0 Å². The first-order valence-corrected chi connectivity index (χ1v) is 10.5. The number of rotatable bonds is 4. The first kappa shape index (κ1) is 22.1. The number of carbonyl (C=O) groups is 1. The number of nitrogens with zero attached hydrogens (tertiary/aromatic N) is 4. The zero-order valence-corrected chi connectivity index (χ0v) is 18.2. The Labute approximate surface area is 184 Å². The summed E-state index contributed by atoms with van der Waals surface area (Å²) >= 11 is 0. The van der Waals surface area contributed by atoms with Gasteiger partial charge in [0.1, 0.15) is 0 Å². The van der Waals surface area contributed by atoms with Gasteiger partial charge in [-0.25, -0.2) is 4.98 Å². The second-order valence-corrected chi connectivity index (χ2v) is 8.47. The monoisotopic (exact) mass is 446 g/mol. The minimum absolute atomic E-state index is 0.0508. The number of anilines is 1. The lowest BCUT2D eigenvalue weighted by Crippen LogP contribution is -2.40. The van der Waals surface area contributed by atoms with E-state index in [-0.39, 0.29) is 40.7 Å². The van der Waals surface area contributed by atoms with Crippen molar-refractivity contribution in [1.29, 1.82) is 0 Å². The van der Waals surface area contributed by atoms with Crippen LogP contribution in [0.15, 0.2) is 34.9 Å². The minimum Gasteiger partial charge on any atom is -0.378 e. The van der Waals surface area contributed by atoms with E-state index in [0.29, 0.717) is 25.9 Å². The molecule has 1 amide bonds. The molecule has 0 aliphatic carbocycles. The first-order valence-electron chi connectivity index (χ1n) is 10.5. The molecule has 1 fully saturated rings. The molecule has 0 spiro atoms. The van der Waals surface area contributed by atoms with Gasteiger partial charge in [0.25, 0.3) is 5.71 Å². The van der Waals surface area contributed by atoms with Gasteiger partial charge in [0, 0.05) is 44.5 Å². The van der Waals surface area contributed by atoms with Gasteiger partial charge < -0.3 is 14.3 Å². The molecule has 2 aromatic heterocycles. The number of hydrogen-bond acceptors (Lipinski definition) is 5. The molecule has 0 bridgehead atoms. The highest BCUT2D eigenvalue weighted by Crippen LogP contribution is 2.40. The molecule has 0 N–H and O–H groups in total. The fraction of sp³-hybridized carbons (Fsp3) is 0.435. The smallest absolute Gasteiger partial charge is 0.378 e. The van der Waals surface area contributed by atoms with Gasteiger partial charge in [0.05, 0.1) is 23.1 Å². The SMILES string of the molecule is Cc1cc(C(F)(F)F)c2c([C@@H]3CCCN(C(=O)Cc4ccc(N(C)C)cc4)C3)noc2n1. The van der Waals surface area contributed by atoms with E-state index in [2.05, 4.69) is 10.1 Å². The normalized spacial score (nSPS) is 17.1. The second-order valence-electron chi connectivity index (χ2n) is 8.47. The Balaban J connectivity index is 1.55. The molecular formula is C23H25F3N4O2. The first-order chi connectivity index (χ1) is 15.1. The molecule has 4 rings (SSSR count). The van der Waals surface area contributed by atoms with Crippen LogP contribution in [0.4, 0.5) is 18.9 Å². The highest BCUT2D eigenvalue weighted by molar-refractivity contribution is 5.82. The number of alkyl halides is 3. The Bertz CT molecular complexity index is 1120. The Hall–Kier alpha value is -3.10. The van der Waals surface area contributed by atoms with Gasteiger partial charge in [-0.15, -0.1) is 0 Å². The third-order valence-corrected chi connectivity index (χ3v) is 5.88. The topological polar surface area (TPSA) is 62.5 Å². The summed E-state index contributed by atoms with van der Waals surface area (Å²) in [6.45, 7) is 2.37. The van der Waals surface area contributed by atoms with Crippen LogP contribution in [0.1, 0.15) is 41.3 Å². The fourth-order valence-electron chi connectivity index (χ4n) is 4.22. The van der Waals surface area contributed by atoms with Crippen LogP contribution in [0.5, 0.6) is 0 Å². The quantitative estimate of drug-likeness (QED) is 0.588. The highest BCUT2D eigenvalue weighted by Gasteiger charge is 2.38. The van der Waals surface area contributed by atoms with E-state index in [1.807, 2.05) is 43.3 Å². The number of halogens is 3. The van der Waals surface area contributed by atoms with E-state index < -0.39 is 11.7 Å². The predicted octanol–water partition coefficient (Wildman–Crippen LogP) is 4.56. The van der Waals surface area contributed by atoms with Crippen LogP contribution in [0.25, 0.3) is 11.1 Å². The fourth-order valence-corrected chi connectivity index (χ4v) is 4.22. The molecule has 3 heterocycles. The van der Waals surface area contributed by atoms with Gasteiger partial charge in [-0.1, -0.05) is 17.3 Å². The van der Waals surface area contributed by atoms with E-state index in [9.17, 15) is 18.0 Å². The highest BCUT2D eigenvalue weighted by atomic mass is 19.4. The Kier molecular flexibility index (Phi) is 5.83. The zero-order valence-electron chi connectivity index (χ0n) is 18.2. The molecule has 1 aliphatic rings. The molecule has 32 heavy (non-hydrogen) atoms. The van der Waals surface area contributed by atoms with Crippen molar-refractivity contribution in [3.8, 4) is 0 Å². The van der Waals surface area contributed by atoms with Crippen LogP contribution in [0.2, 0.25) is 0 Å². The standard InChI is InChI=1S/C23H25F3N4O2/c1-14-11-18(23(24,25)26)20-21(28-32-22(20)27-14)16-5-4-10-30(13-16)19(31)12-15-6-8-17(9-7-15)29(2)3/h6-9,11,16H,4-5,10,12-13H2,1-3H3/t16-/m1/s1. The molecule has 0 saturated carbocycles. The number of likely N-dealkylation sites (tertiary alicyclic amines) is 1. The van der Waals surface area contributed by atoms with Crippen molar-refractivity contribution >= 4 is 22.7 Å². The summed E-state index contributed by atoms with van der Waals surface area (Å²) in [5.41, 5.74) is 1.48. The summed E-state index contributed by atoms with van der Waals surface area (Å²) in [6.07, 6.45) is -2.98. The van der Waals surface area contributed by atoms with Crippen molar-refractivity contribution in [1.82, 2.24) is 15.0 Å². The second kappa shape index (κ2) is 8.44. The third-order valence-electron chi connectivity index (χ3n) is 5.88. The van der Waals surface area contributed by atoms with Crippen LogP contribution in [-0.2, 0) is 17.4 Å². The van der Waals surface area contributed by atoms with Crippen molar-refractivity contribution in [3.63, 3.8) is 0 Å². The maximum Gasteiger partial charge on any atom is 0.417 e. The molecule has 0 radical (unpaired) electrons. The van der Waals surface area contributed by atoms with Crippen molar-refractivity contribution in [2.45, 2.75) is 38.3 Å². The minimum atomic E-state index is -4.55. The molecule has 0 unspecified atom stereocenters. The molecule has 1 saturated heterocycles. The van der Waals surface area contributed by atoms with Gasteiger partial charge in [-0.05, 0) is 43.5 Å². The number of aromatic nitrogens is 2. The summed E-state index contributed by atoms with van der Waals surface area (Å²) < 4.78 is 46.2. The van der Waals surface area contributed by atoms with Crippen LogP contribution in [-0.4, -0.2) is 48.1 Å². The zero-order chi connectivity index (χ0) is 23.0. The molecule has 1 aliphatic heterocycles. The molecule has 1 atom stereocenters. The van der Waals surface area contributed by atoms with Gasteiger partial charge in [0.15, 0.2) is 0 Å². The number of hydrogen-bond donors (Lipinski definition) is 0. The van der Waals surface area contributed by atoms with Crippen LogP contribution < -0.4 is 4.90 Å². The van der Waals surface area contributed by atoms with Crippen LogP contribution in [0, 0.1) is 6.92 Å². The number of fused-ring (bicyclic) bond motifs is 1. The summed E-state index contributed by atoms with van der Waals surface area (Å²) in [4.78, 5) is 20.7. The number of aryl methyl sites for hydroxylation is 1. The van der Waals surface area contributed by atoms with E-state index in [0.717, 1.165) is 17.3 Å². The molecule has 9 heteroatoms. The lowest BCUT2D eigenvalue weighted by molar-refractivity contribution is -0.136. The summed E-state index contributed by atoms with van der Waals surface area (Å²) in [5.74, 6) is -0.388. The van der Waals surface area contributed by atoms with Gasteiger partial charge in [-0.3, -0.25) is 4.79 Å². The van der Waals surface area contributed by atoms with E-state index in [4.69, 9.17) is 4.52 Å². The molecule has 170 valence electrons. The lowest BCUT2D eigenvalue weighted by atomic mass is 9.91. The number of pyridine rings is 1. The number of benzene rings is 1. The maximum atomic E-state index is 13.7. The van der Waals surface area contributed by atoms with Gasteiger partial charge in [0.2, 0.25) is 5.91 Å². The van der Waals surface area contributed by atoms with Crippen molar-refractivity contribution in [2.24, 2.45) is 0 Å². The van der Waals surface area contributed by atoms with Crippen molar-refractivity contribution in [3.05, 3.63) is 52.8 Å². The summed E-state index contributed by atoms with van der Waals surface area (Å²) in [7, 11) is 3.89. The number of amides is 1. The maximum absolute atomic E-state index is 13.7. The average Bonchev–Trinajstić information content (AvgIpc) is 3.16. The molecular weight excluding hydrogens is 421 g/mol. The molecule has 6 nitrogen and oxygen atoms in total. The summed E-state index contributed by atoms with van der Waals surface area (Å²) in [6, 6.07) is 8.77. The number of piperidine rings is 1. The largest absolute Gasteiger partial charge is 0.417 e. The summed E-state index contributed by atoms with van der Waals surface area (Å²) in [5, 5.41) is 3.86. The predicted molar refractivity (Wildman–Crippen MR) is 115 cm³/mol. The van der Waals surface area contributed by atoms with E-state index in [1.54, 1.807) is 4.90 Å².